The fourth-order valence-corrected chi connectivity index (χ4v) is 4.30. The van der Waals surface area contributed by atoms with Crippen molar-refractivity contribution in [1.29, 1.82) is 0 Å². The Morgan fingerprint density at radius 1 is 0.828 bits per heavy atom. The third-order valence-corrected chi connectivity index (χ3v) is 6.20. The molecule has 0 unspecified atom stereocenters. The summed E-state index contributed by atoms with van der Waals surface area (Å²) in [6.45, 7) is 2.13. The van der Waals surface area contributed by atoms with Crippen LogP contribution in [0.25, 0.3) is 21.8 Å². The molecule has 148 valence electrons. The molecular weight excluding hydrogens is 403 g/mol. The van der Waals surface area contributed by atoms with E-state index in [0.29, 0.717) is 10.0 Å². The average molecular weight is 425 g/mol. The van der Waals surface area contributed by atoms with Gasteiger partial charge in [-0.2, -0.15) is 0 Å². The number of benzene rings is 2. The number of hydrogen-bond acceptors (Lipinski definition) is 4. The largest absolute Gasteiger partial charge is 0.316 e. The van der Waals surface area contributed by atoms with Crippen molar-refractivity contribution in [2.45, 2.75) is 18.5 Å². The molecule has 2 N–H and O–H groups in total. The van der Waals surface area contributed by atoms with E-state index in [4.69, 9.17) is 28.9 Å². The lowest BCUT2D eigenvalue weighted by atomic mass is 9.75. The van der Waals surface area contributed by atoms with E-state index in [1.165, 1.54) is 0 Å². The van der Waals surface area contributed by atoms with Gasteiger partial charge in [0.05, 0.1) is 16.6 Å². The number of nitrogens with two attached hydrogens (primary N) is 1. The molecule has 0 amide bonds. The summed E-state index contributed by atoms with van der Waals surface area (Å²) >= 11 is 12.4. The summed E-state index contributed by atoms with van der Waals surface area (Å²) in [7, 11) is 4.07. The molecule has 4 nitrogen and oxygen atoms in total. The van der Waals surface area contributed by atoms with Gasteiger partial charge in [-0.1, -0.05) is 35.3 Å². The van der Waals surface area contributed by atoms with Gasteiger partial charge in [0, 0.05) is 39.3 Å². The van der Waals surface area contributed by atoms with Crippen LogP contribution in [0.15, 0.2) is 60.9 Å². The second-order valence-corrected chi connectivity index (χ2v) is 8.42. The second-order valence-electron chi connectivity index (χ2n) is 7.55. The maximum atomic E-state index is 7.33. The number of rotatable bonds is 4. The van der Waals surface area contributed by atoms with Gasteiger partial charge in [0.25, 0.3) is 0 Å². The highest BCUT2D eigenvalue weighted by atomic mass is 35.5. The monoisotopic (exact) mass is 424 g/mol. The van der Waals surface area contributed by atoms with Gasteiger partial charge in [-0.25, -0.2) is 0 Å². The third-order valence-electron chi connectivity index (χ3n) is 5.73. The minimum atomic E-state index is -0.826. The van der Waals surface area contributed by atoms with Crippen molar-refractivity contribution in [3.8, 4) is 0 Å². The second kappa shape index (κ2) is 7.54. The Labute approximate surface area is 180 Å². The van der Waals surface area contributed by atoms with Crippen molar-refractivity contribution in [2.24, 2.45) is 5.73 Å². The zero-order chi connectivity index (χ0) is 20.8. The minimum absolute atomic E-state index is 0.0231. The highest BCUT2D eigenvalue weighted by Gasteiger charge is 2.39. The van der Waals surface area contributed by atoms with Crippen molar-refractivity contribution < 1.29 is 0 Å². The van der Waals surface area contributed by atoms with Crippen LogP contribution in [0.3, 0.4) is 0 Å². The molecule has 0 aliphatic carbocycles. The van der Waals surface area contributed by atoms with Gasteiger partial charge in [0.2, 0.25) is 0 Å². The zero-order valence-corrected chi connectivity index (χ0v) is 18.0. The molecular formula is C23H22Cl2N4. The van der Waals surface area contributed by atoms with Gasteiger partial charge in [0.1, 0.15) is 0 Å². The standard InChI is InChI=1S/C23H22Cl2N4/c1-14(29(2)3)23(26,19-8-10-27-21-12-15(24)4-6-17(19)21)20-9-11-28-22-13-16(25)5-7-18(20)22/h4-14H,26H2,1-3H3/t14-/m1/s1. The fourth-order valence-electron chi connectivity index (χ4n) is 3.97. The Balaban J connectivity index is 2.09. The van der Waals surface area contributed by atoms with Crippen LogP contribution in [0.4, 0.5) is 0 Å². The van der Waals surface area contributed by atoms with E-state index in [1.54, 1.807) is 12.4 Å². The number of fused-ring (bicyclic) bond motifs is 2. The van der Waals surface area contributed by atoms with Crippen molar-refractivity contribution in [1.82, 2.24) is 14.9 Å². The predicted molar refractivity (Wildman–Crippen MR) is 122 cm³/mol. The van der Waals surface area contributed by atoms with Crippen LogP contribution in [-0.4, -0.2) is 35.0 Å². The molecule has 29 heavy (non-hydrogen) atoms. The van der Waals surface area contributed by atoms with Crippen LogP contribution >= 0.6 is 23.2 Å². The maximum absolute atomic E-state index is 7.33. The number of halogens is 2. The number of nitrogens with zero attached hydrogens (tertiary/aromatic N) is 3. The number of hydrogen-bond donors (Lipinski definition) is 1. The van der Waals surface area contributed by atoms with E-state index in [1.807, 2.05) is 62.6 Å². The van der Waals surface area contributed by atoms with Gasteiger partial charge in [-0.3, -0.25) is 9.97 Å². The van der Waals surface area contributed by atoms with E-state index >= 15 is 0 Å². The average Bonchev–Trinajstić information content (AvgIpc) is 2.71. The topological polar surface area (TPSA) is 55.0 Å². The lowest BCUT2D eigenvalue weighted by molar-refractivity contribution is 0.224. The van der Waals surface area contributed by atoms with Crippen LogP contribution in [-0.2, 0) is 5.54 Å². The molecule has 1 atom stereocenters. The Morgan fingerprint density at radius 3 is 1.69 bits per heavy atom. The fraction of sp³-hybridized carbons (Fsp3) is 0.217. The Morgan fingerprint density at radius 2 is 1.28 bits per heavy atom. The molecule has 2 aromatic heterocycles. The van der Waals surface area contributed by atoms with Crippen LogP contribution in [0.2, 0.25) is 10.0 Å². The van der Waals surface area contributed by atoms with E-state index < -0.39 is 5.54 Å². The normalized spacial score (nSPS) is 13.3. The highest BCUT2D eigenvalue weighted by molar-refractivity contribution is 6.31. The van der Waals surface area contributed by atoms with Crippen molar-refractivity contribution >= 4 is 45.0 Å². The third kappa shape index (κ3) is 3.36. The van der Waals surface area contributed by atoms with E-state index in [9.17, 15) is 0 Å². The Bertz CT molecular complexity index is 1120. The molecule has 2 aromatic carbocycles. The molecule has 4 aromatic rings. The van der Waals surface area contributed by atoms with Gasteiger partial charge in [-0.15, -0.1) is 0 Å². The summed E-state index contributed by atoms with van der Waals surface area (Å²) in [4.78, 5) is 11.1. The van der Waals surface area contributed by atoms with Crippen molar-refractivity contribution in [3.63, 3.8) is 0 Å². The van der Waals surface area contributed by atoms with Crippen LogP contribution < -0.4 is 5.73 Å². The van der Waals surface area contributed by atoms with Crippen LogP contribution in [0.5, 0.6) is 0 Å². The summed E-state index contributed by atoms with van der Waals surface area (Å²) in [6.07, 6.45) is 3.58. The molecule has 0 spiro atoms. The first-order valence-electron chi connectivity index (χ1n) is 9.37. The van der Waals surface area contributed by atoms with Crippen molar-refractivity contribution in [2.75, 3.05) is 14.1 Å². The van der Waals surface area contributed by atoms with Crippen LogP contribution in [0, 0.1) is 0 Å². The Hall–Kier alpha value is -2.24. The molecule has 0 saturated heterocycles. The molecule has 2 heterocycles. The first kappa shape index (κ1) is 20.0. The molecule has 0 aliphatic rings. The molecule has 0 bridgehead atoms. The smallest absolute Gasteiger partial charge is 0.0834 e. The molecule has 0 aliphatic heterocycles. The van der Waals surface area contributed by atoms with Gasteiger partial charge in [-0.05, 0) is 68.5 Å². The number of likely N-dealkylation sites (N-methyl/N-ethyl adjacent to an activating group) is 1. The first-order chi connectivity index (χ1) is 13.8. The molecule has 6 heteroatoms. The lowest BCUT2D eigenvalue weighted by Crippen LogP contribution is -2.53. The van der Waals surface area contributed by atoms with Gasteiger partial charge >= 0.3 is 0 Å². The molecule has 0 saturated carbocycles. The quantitative estimate of drug-likeness (QED) is 0.486. The van der Waals surface area contributed by atoms with Gasteiger partial charge in [0.15, 0.2) is 0 Å². The van der Waals surface area contributed by atoms with Crippen LogP contribution in [0.1, 0.15) is 18.1 Å². The molecule has 0 fully saturated rings. The van der Waals surface area contributed by atoms with Crippen molar-refractivity contribution in [3.05, 3.63) is 82.1 Å². The van der Waals surface area contributed by atoms with Gasteiger partial charge < -0.3 is 10.6 Å². The summed E-state index contributed by atoms with van der Waals surface area (Å²) < 4.78 is 0. The minimum Gasteiger partial charge on any atom is -0.316 e. The first-order valence-corrected chi connectivity index (χ1v) is 10.1. The summed E-state index contributed by atoms with van der Waals surface area (Å²) in [5.74, 6) is 0. The van der Waals surface area contributed by atoms with E-state index in [-0.39, 0.29) is 6.04 Å². The maximum Gasteiger partial charge on any atom is 0.0834 e. The summed E-state index contributed by atoms with van der Waals surface area (Å²) in [5.41, 5.74) is 10.1. The summed E-state index contributed by atoms with van der Waals surface area (Å²) in [5, 5.41) is 3.25. The number of aromatic nitrogens is 2. The summed E-state index contributed by atoms with van der Waals surface area (Å²) in [6, 6.07) is 15.4. The highest BCUT2D eigenvalue weighted by Crippen LogP contribution is 2.39. The number of pyridine rings is 2. The van der Waals surface area contributed by atoms with E-state index in [2.05, 4.69) is 21.8 Å². The zero-order valence-electron chi connectivity index (χ0n) is 16.5. The predicted octanol–water partition coefficient (Wildman–Crippen LogP) is 5.24. The molecule has 0 radical (unpaired) electrons. The Kier molecular flexibility index (Phi) is 5.21. The molecule has 4 rings (SSSR count). The lowest BCUT2D eigenvalue weighted by Gasteiger charge is -2.41. The SMILES string of the molecule is C[C@@H](N(C)C)C(N)(c1ccnc2cc(Cl)ccc12)c1ccnc2cc(Cl)ccc12. The van der Waals surface area contributed by atoms with E-state index in [0.717, 1.165) is 32.9 Å².